The Hall–Kier alpha value is -0.570. The molecule has 16 heavy (non-hydrogen) atoms. The molecule has 0 atom stereocenters. The molecule has 0 saturated heterocycles. The maximum absolute atomic E-state index is 11.9. The smallest absolute Gasteiger partial charge is 0.168 e. The number of hydrogen-bond acceptors (Lipinski definition) is 2. The van der Waals surface area contributed by atoms with E-state index in [0.29, 0.717) is 15.6 Å². The molecular formula is C12H14Cl2O2. The van der Waals surface area contributed by atoms with Gasteiger partial charge < -0.3 is 4.74 Å². The van der Waals surface area contributed by atoms with E-state index in [1.54, 1.807) is 32.0 Å². The molecule has 4 heteroatoms. The van der Waals surface area contributed by atoms with Gasteiger partial charge in [0.15, 0.2) is 5.78 Å². The molecule has 1 rings (SSSR count). The minimum atomic E-state index is -0.817. The highest BCUT2D eigenvalue weighted by atomic mass is 35.5. The number of Topliss-reactive ketones (excluding diaryl/α,β-unsaturated/α-hetero) is 1. The van der Waals surface area contributed by atoms with Gasteiger partial charge in [0.2, 0.25) is 0 Å². The van der Waals surface area contributed by atoms with Crippen LogP contribution in [0.3, 0.4) is 0 Å². The third kappa shape index (κ3) is 2.97. The van der Waals surface area contributed by atoms with Gasteiger partial charge in [0.1, 0.15) is 5.60 Å². The van der Waals surface area contributed by atoms with Crippen LogP contribution in [-0.2, 0) is 16.0 Å². The lowest BCUT2D eigenvalue weighted by Gasteiger charge is -2.21. The van der Waals surface area contributed by atoms with Crippen molar-refractivity contribution in [3.63, 3.8) is 0 Å². The van der Waals surface area contributed by atoms with Crippen LogP contribution in [0.5, 0.6) is 0 Å². The van der Waals surface area contributed by atoms with Gasteiger partial charge in [0.25, 0.3) is 0 Å². The van der Waals surface area contributed by atoms with Crippen molar-refractivity contribution in [2.24, 2.45) is 0 Å². The van der Waals surface area contributed by atoms with E-state index in [1.807, 2.05) is 0 Å². The fourth-order valence-electron chi connectivity index (χ4n) is 1.19. The van der Waals surface area contributed by atoms with Crippen molar-refractivity contribution in [1.82, 2.24) is 0 Å². The Morgan fingerprint density at radius 3 is 2.25 bits per heavy atom. The van der Waals surface area contributed by atoms with Crippen LogP contribution in [0, 0.1) is 0 Å². The molecule has 0 spiro atoms. The molecule has 0 radical (unpaired) electrons. The van der Waals surface area contributed by atoms with Crippen molar-refractivity contribution in [2.45, 2.75) is 25.9 Å². The molecule has 88 valence electrons. The number of carbonyl (C=O) groups excluding carboxylic acids is 1. The topological polar surface area (TPSA) is 26.3 Å². The standard InChI is InChI=1S/C12H14Cl2O2/c1-12(2,16-3)11(15)7-8-9(13)5-4-6-10(8)14/h4-6H,7H2,1-3H3. The molecule has 0 amide bonds. The highest BCUT2D eigenvalue weighted by molar-refractivity contribution is 6.36. The largest absolute Gasteiger partial charge is 0.371 e. The SMILES string of the molecule is COC(C)(C)C(=O)Cc1c(Cl)cccc1Cl. The zero-order chi connectivity index (χ0) is 12.3. The normalized spacial score (nSPS) is 11.6. The van der Waals surface area contributed by atoms with Gasteiger partial charge in [-0.05, 0) is 31.5 Å². The van der Waals surface area contributed by atoms with E-state index in [1.165, 1.54) is 7.11 Å². The van der Waals surface area contributed by atoms with Crippen LogP contribution < -0.4 is 0 Å². The van der Waals surface area contributed by atoms with Gasteiger partial charge in [-0.3, -0.25) is 4.79 Å². The average Bonchev–Trinajstić information content (AvgIpc) is 2.23. The van der Waals surface area contributed by atoms with E-state index >= 15 is 0 Å². The molecule has 0 aliphatic rings. The number of hydrogen-bond donors (Lipinski definition) is 0. The van der Waals surface area contributed by atoms with Gasteiger partial charge in [-0.25, -0.2) is 0 Å². The molecule has 0 aromatic heterocycles. The van der Waals surface area contributed by atoms with Gasteiger partial charge in [0.05, 0.1) is 0 Å². The van der Waals surface area contributed by atoms with E-state index in [0.717, 1.165) is 0 Å². The van der Waals surface area contributed by atoms with Gasteiger partial charge >= 0.3 is 0 Å². The van der Waals surface area contributed by atoms with Crippen molar-refractivity contribution in [3.05, 3.63) is 33.8 Å². The fourth-order valence-corrected chi connectivity index (χ4v) is 1.72. The van der Waals surface area contributed by atoms with Gasteiger partial charge in [-0.2, -0.15) is 0 Å². The Labute approximate surface area is 106 Å². The second-order valence-electron chi connectivity index (χ2n) is 4.01. The first-order valence-corrected chi connectivity index (χ1v) is 5.65. The summed E-state index contributed by atoms with van der Waals surface area (Å²) in [5.74, 6) is -0.0509. The van der Waals surface area contributed by atoms with Crippen molar-refractivity contribution >= 4 is 29.0 Å². The van der Waals surface area contributed by atoms with Gasteiger partial charge in [-0.1, -0.05) is 29.3 Å². The van der Waals surface area contributed by atoms with E-state index in [2.05, 4.69) is 0 Å². The Morgan fingerprint density at radius 2 is 1.81 bits per heavy atom. The number of ether oxygens (including phenoxy) is 1. The monoisotopic (exact) mass is 260 g/mol. The van der Waals surface area contributed by atoms with Crippen LogP contribution in [0.15, 0.2) is 18.2 Å². The zero-order valence-electron chi connectivity index (χ0n) is 9.51. The van der Waals surface area contributed by atoms with E-state index in [4.69, 9.17) is 27.9 Å². The second kappa shape index (κ2) is 5.17. The first-order chi connectivity index (χ1) is 7.38. The first kappa shape index (κ1) is 13.5. The molecule has 0 aliphatic carbocycles. The van der Waals surface area contributed by atoms with Crippen LogP contribution >= 0.6 is 23.2 Å². The number of carbonyl (C=O) groups is 1. The summed E-state index contributed by atoms with van der Waals surface area (Å²) in [6, 6.07) is 5.19. The van der Waals surface area contributed by atoms with Crippen LogP contribution in [-0.4, -0.2) is 18.5 Å². The predicted octanol–water partition coefficient (Wildman–Crippen LogP) is 3.53. The molecule has 0 heterocycles. The molecular weight excluding hydrogens is 247 g/mol. The minimum absolute atomic E-state index is 0.0509. The molecule has 0 bridgehead atoms. The van der Waals surface area contributed by atoms with Crippen LogP contribution in [0.2, 0.25) is 10.0 Å². The summed E-state index contributed by atoms with van der Waals surface area (Å²) >= 11 is 12.0. The Kier molecular flexibility index (Phi) is 4.36. The summed E-state index contributed by atoms with van der Waals surface area (Å²) in [6.07, 6.45) is 0.180. The maximum Gasteiger partial charge on any atom is 0.168 e. The highest BCUT2D eigenvalue weighted by Gasteiger charge is 2.27. The predicted molar refractivity (Wildman–Crippen MR) is 66.3 cm³/mol. The number of ketones is 1. The summed E-state index contributed by atoms with van der Waals surface area (Å²) in [5.41, 5.74) is -0.163. The third-order valence-electron chi connectivity index (χ3n) is 2.58. The van der Waals surface area contributed by atoms with E-state index in [9.17, 15) is 4.79 Å². The highest BCUT2D eigenvalue weighted by Crippen LogP contribution is 2.26. The van der Waals surface area contributed by atoms with Crippen molar-refractivity contribution in [3.8, 4) is 0 Å². The lowest BCUT2D eigenvalue weighted by Crippen LogP contribution is -2.35. The third-order valence-corrected chi connectivity index (χ3v) is 3.29. The summed E-state index contributed by atoms with van der Waals surface area (Å²) in [7, 11) is 1.51. The Morgan fingerprint density at radius 1 is 1.31 bits per heavy atom. The van der Waals surface area contributed by atoms with Crippen LogP contribution in [0.25, 0.3) is 0 Å². The Balaban J connectivity index is 2.94. The maximum atomic E-state index is 11.9. The number of methoxy groups -OCH3 is 1. The molecule has 0 aliphatic heterocycles. The molecule has 1 aromatic rings. The number of benzene rings is 1. The fraction of sp³-hybridized carbons (Fsp3) is 0.417. The zero-order valence-corrected chi connectivity index (χ0v) is 11.0. The quantitative estimate of drug-likeness (QED) is 0.828. The van der Waals surface area contributed by atoms with Gasteiger partial charge in [0, 0.05) is 23.6 Å². The van der Waals surface area contributed by atoms with Crippen LogP contribution in [0.4, 0.5) is 0 Å². The first-order valence-electron chi connectivity index (χ1n) is 4.90. The van der Waals surface area contributed by atoms with Crippen molar-refractivity contribution in [2.75, 3.05) is 7.11 Å². The molecule has 1 aromatic carbocycles. The molecule has 2 nitrogen and oxygen atoms in total. The molecule has 0 unspecified atom stereocenters. The molecule has 0 N–H and O–H groups in total. The van der Waals surface area contributed by atoms with Crippen molar-refractivity contribution < 1.29 is 9.53 Å². The Bertz CT molecular complexity index is 380. The van der Waals surface area contributed by atoms with E-state index < -0.39 is 5.60 Å². The summed E-state index contributed by atoms with van der Waals surface area (Å²) in [5, 5.41) is 1.01. The summed E-state index contributed by atoms with van der Waals surface area (Å²) < 4.78 is 5.12. The second-order valence-corrected chi connectivity index (χ2v) is 4.83. The summed E-state index contributed by atoms with van der Waals surface area (Å²) in [6.45, 7) is 3.44. The molecule has 0 saturated carbocycles. The lowest BCUT2D eigenvalue weighted by molar-refractivity contribution is -0.136. The average molecular weight is 261 g/mol. The number of halogens is 2. The summed E-state index contributed by atoms with van der Waals surface area (Å²) in [4.78, 5) is 11.9. The van der Waals surface area contributed by atoms with Crippen LogP contribution in [0.1, 0.15) is 19.4 Å². The lowest BCUT2D eigenvalue weighted by atomic mass is 9.97. The van der Waals surface area contributed by atoms with E-state index in [-0.39, 0.29) is 12.2 Å². The molecule has 0 fully saturated rings. The van der Waals surface area contributed by atoms with Gasteiger partial charge in [-0.15, -0.1) is 0 Å². The van der Waals surface area contributed by atoms with Crippen molar-refractivity contribution in [1.29, 1.82) is 0 Å². The number of rotatable bonds is 4. The minimum Gasteiger partial charge on any atom is -0.371 e.